The fraction of sp³-hybridized carbons (Fsp3) is 0.857. The highest BCUT2D eigenvalue weighted by atomic mass is 19.4. The molecule has 3 rings (SSSR count). The molecule has 0 aromatic rings. The largest absolute Gasteiger partial charge is 0.481 e. The van der Waals surface area contributed by atoms with Crippen molar-refractivity contribution in [1.29, 1.82) is 0 Å². The maximum absolute atomic E-state index is 13.1. The number of carboxylic acid groups (broad SMARTS) is 1. The number of halogens is 3. The molecule has 4 nitrogen and oxygen atoms in total. The summed E-state index contributed by atoms with van der Waals surface area (Å²) in [7, 11) is 0. The van der Waals surface area contributed by atoms with Crippen molar-refractivity contribution in [3.63, 3.8) is 0 Å². The summed E-state index contributed by atoms with van der Waals surface area (Å²) in [5.74, 6) is -1.91. The fourth-order valence-corrected chi connectivity index (χ4v) is 4.07. The van der Waals surface area contributed by atoms with Gasteiger partial charge < -0.3 is 10.4 Å². The molecule has 3 aliphatic carbocycles. The Morgan fingerprint density at radius 2 is 1.81 bits per heavy atom. The normalized spacial score (nSPS) is 37.1. The molecule has 0 spiro atoms. The maximum atomic E-state index is 13.1. The van der Waals surface area contributed by atoms with Crippen LogP contribution in [0.5, 0.6) is 0 Å². The number of carbonyl (C=O) groups is 2. The molecule has 3 aliphatic rings. The summed E-state index contributed by atoms with van der Waals surface area (Å²) in [4.78, 5) is 23.0. The molecule has 1 amide bonds. The van der Waals surface area contributed by atoms with E-state index in [2.05, 4.69) is 5.32 Å². The van der Waals surface area contributed by atoms with E-state index in [1.54, 1.807) is 0 Å². The van der Waals surface area contributed by atoms with Crippen LogP contribution < -0.4 is 5.32 Å². The quantitative estimate of drug-likeness (QED) is 0.841. The Kier molecular flexibility index (Phi) is 3.22. The van der Waals surface area contributed by atoms with Gasteiger partial charge in [0.25, 0.3) is 0 Å². The molecule has 0 saturated heterocycles. The Labute approximate surface area is 120 Å². The Bertz CT molecular complexity index is 473. The first-order valence-corrected chi connectivity index (χ1v) is 7.35. The topological polar surface area (TPSA) is 66.4 Å². The Morgan fingerprint density at radius 1 is 1.14 bits per heavy atom. The number of carbonyl (C=O) groups excluding carboxylic acids is 1. The summed E-state index contributed by atoms with van der Waals surface area (Å²) in [6.07, 6.45) is -2.71. The lowest BCUT2D eigenvalue weighted by Gasteiger charge is -2.46. The fourth-order valence-electron chi connectivity index (χ4n) is 4.07. The highest BCUT2D eigenvalue weighted by Gasteiger charge is 2.64. The second-order valence-corrected chi connectivity index (χ2v) is 6.68. The molecule has 0 heterocycles. The van der Waals surface area contributed by atoms with Crippen LogP contribution in [0.4, 0.5) is 13.2 Å². The number of alkyl halides is 3. The van der Waals surface area contributed by atoms with Crippen molar-refractivity contribution in [2.24, 2.45) is 23.2 Å². The Morgan fingerprint density at radius 3 is 2.29 bits per heavy atom. The number of rotatable bonds is 3. The lowest BCUT2D eigenvalue weighted by molar-refractivity contribution is -0.244. The average Bonchev–Trinajstić information content (AvgIpc) is 2.60. The number of hydrogen-bond acceptors (Lipinski definition) is 2. The van der Waals surface area contributed by atoms with E-state index in [0.29, 0.717) is 25.7 Å². The van der Waals surface area contributed by atoms with Crippen LogP contribution >= 0.6 is 0 Å². The summed E-state index contributed by atoms with van der Waals surface area (Å²) < 4.78 is 39.2. The Hall–Kier alpha value is -1.27. The minimum absolute atomic E-state index is 0.0282. The molecule has 118 valence electrons. The predicted octanol–water partition coefficient (Wildman–Crippen LogP) is 2.33. The van der Waals surface area contributed by atoms with Crippen LogP contribution in [0.25, 0.3) is 0 Å². The zero-order valence-corrected chi connectivity index (χ0v) is 11.4. The molecular formula is C14H18F3NO3. The number of hydrogen-bond donors (Lipinski definition) is 2. The highest BCUT2D eigenvalue weighted by molar-refractivity contribution is 5.85. The van der Waals surface area contributed by atoms with Crippen LogP contribution in [0.2, 0.25) is 0 Å². The van der Waals surface area contributed by atoms with Crippen molar-refractivity contribution < 1.29 is 27.9 Å². The second kappa shape index (κ2) is 4.61. The number of carboxylic acids is 1. The van der Waals surface area contributed by atoms with Gasteiger partial charge in [0.05, 0.1) is 5.92 Å². The summed E-state index contributed by atoms with van der Waals surface area (Å²) >= 11 is 0. The van der Waals surface area contributed by atoms with Gasteiger partial charge in [-0.3, -0.25) is 9.59 Å². The third-order valence-corrected chi connectivity index (χ3v) is 5.67. The molecule has 0 aromatic heterocycles. The average molecular weight is 305 g/mol. The molecule has 4 atom stereocenters. The maximum Gasteiger partial charge on any atom is 0.403 e. The zero-order chi connectivity index (χ0) is 15.4. The summed E-state index contributed by atoms with van der Waals surface area (Å²) in [5, 5.41) is 11.5. The van der Waals surface area contributed by atoms with Gasteiger partial charge in [-0.1, -0.05) is 6.42 Å². The summed E-state index contributed by atoms with van der Waals surface area (Å²) in [5.41, 5.74) is -2.21. The van der Waals surface area contributed by atoms with Gasteiger partial charge in [-0.05, 0) is 43.9 Å². The van der Waals surface area contributed by atoms with Crippen LogP contribution in [-0.2, 0) is 9.59 Å². The van der Waals surface area contributed by atoms with E-state index in [1.807, 2.05) is 0 Å². The van der Waals surface area contributed by atoms with Gasteiger partial charge in [0, 0.05) is 6.04 Å². The molecular weight excluding hydrogens is 287 g/mol. The van der Waals surface area contributed by atoms with Crippen molar-refractivity contribution >= 4 is 11.9 Å². The standard InChI is InChI=1S/C14H18F3NO3/c15-14(16,17)13(2-1-3-13)12(21)18-10-6-7-4-8(11(19)20)5-9(7)10/h7-10H,1-6H2,(H,18,21)(H,19,20)/t7-,8?,9-,10+/m1/s1. The van der Waals surface area contributed by atoms with Gasteiger partial charge >= 0.3 is 12.1 Å². The number of aliphatic carboxylic acids is 1. The molecule has 1 unspecified atom stereocenters. The molecule has 0 aromatic carbocycles. The third kappa shape index (κ3) is 2.12. The minimum atomic E-state index is -4.50. The molecule has 21 heavy (non-hydrogen) atoms. The minimum Gasteiger partial charge on any atom is -0.481 e. The van der Waals surface area contributed by atoms with Crippen molar-refractivity contribution in [1.82, 2.24) is 5.32 Å². The number of nitrogens with one attached hydrogen (secondary N) is 1. The van der Waals surface area contributed by atoms with Crippen LogP contribution in [0.1, 0.15) is 38.5 Å². The van der Waals surface area contributed by atoms with Gasteiger partial charge in [0.2, 0.25) is 5.91 Å². The van der Waals surface area contributed by atoms with Crippen LogP contribution in [0, 0.1) is 23.2 Å². The van der Waals surface area contributed by atoms with Gasteiger partial charge in [0.15, 0.2) is 0 Å². The lowest BCUT2D eigenvalue weighted by Crippen LogP contribution is -2.60. The van der Waals surface area contributed by atoms with E-state index in [1.165, 1.54) is 0 Å². The van der Waals surface area contributed by atoms with E-state index >= 15 is 0 Å². The first-order valence-electron chi connectivity index (χ1n) is 7.35. The summed E-state index contributed by atoms with van der Waals surface area (Å²) in [6.45, 7) is 0. The molecule has 3 saturated carbocycles. The van der Waals surface area contributed by atoms with Gasteiger partial charge in [-0.25, -0.2) is 0 Å². The number of fused-ring (bicyclic) bond motifs is 1. The van der Waals surface area contributed by atoms with Crippen LogP contribution in [0.3, 0.4) is 0 Å². The van der Waals surface area contributed by atoms with Gasteiger partial charge in [-0.15, -0.1) is 0 Å². The monoisotopic (exact) mass is 305 g/mol. The van der Waals surface area contributed by atoms with E-state index in [0.717, 1.165) is 0 Å². The Balaban J connectivity index is 1.61. The SMILES string of the molecule is O=C(O)C1C[C@@H]2C[C@H](NC(=O)C3(C(F)(F)F)CCC3)[C@@H]2C1. The van der Waals surface area contributed by atoms with E-state index in [-0.39, 0.29) is 30.7 Å². The first-order chi connectivity index (χ1) is 9.74. The van der Waals surface area contributed by atoms with Crippen LogP contribution in [-0.4, -0.2) is 29.2 Å². The zero-order valence-electron chi connectivity index (χ0n) is 11.4. The second-order valence-electron chi connectivity index (χ2n) is 6.68. The first kappa shape index (κ1) is 14.7. The van der Waals surface area contributed by atoms with E-state index < -0.39 is 29.4 Å². The lowest BCUT2D eigenvalue weighted by atomic mass is 9.66. The van der Waals surface area contributed by atoms with Crippen molar-refractivity contribution in [2.75, 3.05) is 0 Å². The molecule has 7 heteroatoms. The smallest absolute Gasteiger partial charge is 0.403 e. The molecule has 0 aliphatic heterocycles. The van der Waals surface area contributed by atoms with Crippen molar-refractivity contribution in [3.05, 3.63) is 0 Å². The number of amides is 1. The highest BCUT2D eigenvalue weighted by Crippen LogP contribution is 2.54. The molecule has 0 bridgehead atoms. The summed E-state index contributed by atoms with van der Waals surface area (Å²) in [6, 6.07) is -0.285. The predicted molar refractivity (Wildman–Crippen MR) is 66.2 cm³/mol. The molecule has 3 fully saturated rings. The van der Waals surface area contributed by atoms with Crippen LogP contribution in [0.15, 0.2) is 0 Å². The molecule has 2 N–H and O–H groups in total. The molecule has 0 radical (unpaired) electrons. The van der Waals surface area contributed by atoms with E-state index in [4.69, 9.17) is 5.11 Å². The van der Waals surface area contributed by atoms with Crippen molar-refractivity contribution in [2.45, 2.75) is 50.7 Å². The third-order valence-electron chi connectivity index (χ3n) is 5.67. The van der Waals surface area contributed by atoms with Gasteiger partial charge in [-0.2, -0.15) is 13.2 Å². The van der Waals surface area contributed by atoms with Gasteiger partial charge in [0.1, 0.15) is 5.41 Å². The van der Waals surface area contributed by atoms with E-state index in [9.17, 15) is 22.8 Å². The van der Waals surface area contributed by atoms with Crippen molar-refractivity contribution in [3.8, 4) is 0 Å².